The van der Waals surface area contributed by atoms with Crippen molar-refractivity contribution in [2.45, 2.75) is 25.7 Å². The van der Waals surface area contributed by atoms with Crippen LogP contribution in [-0.4, -0.2) is 17.6 Å². The van der Waals surface area contributed by atoms with Gasteiger partial charge in [0.2, 0.25) is 0 Å². The Morgan fingerprint density at radius 3 is 2.93 bits per heavy atom. The first-order valence-electron chi connectivity index (χ1n) is 5.19. The van der Waals surface area contributed by atoms with Gasteiger partial charge in [-0.25, -0.2) is 4.79 Å². The molecular formula is C12H15NO2. The van der Waals surface area contributed by atoms with E-state index in [1.165, 1.54) is 0 Å². The van der Waals surface area contributed by atoms with Gasteiger partial charge in [0.1, 0.15) is 0 Å². The summed E-state index contributed by atoms with van der Waals surface area (Å²) in [5.41, 5.74) is 2.38. The SMILES string of the molecule is CCC1(C)CNc2c(C(=O)O)cccc21. The number of carboxylic acid groups (broad SMARTS) is 1. The lowest BCUT2D eigenvalue weighted by molar-refractivity contribution is 0.0698. The number of nitrogens with one attached hydrogen (secondary N) is 1. The third-order valence-corrected chi connectivity index (χ3v) is 3.38. The highest BCUT2D eigenvalue weighted by Crippen LogP contribution is 2.40. The number of aromatic carboxylic acids is 1. The molecule has 1 atom stereocenters. The fraction of sp³-hybridized carbons (Fsp3) is 0.417. The minimum Gasteiger partial charge on any atom is -0.478 e. The Morgan fingerprint density at radius 2 is 2.33 bits per heavy atom. The predicted octanol–water partition coefficient (Wildman–Crippen LogP) is 2.48. The Kier molecular flexibility index (Phi) is 2.18. The Labute approximate surface area is 89.1 Å². The van der Waals surface area contributed by atoms with Gasteiger partial charge in [-0.05, 0) is 18.1 Å². The number of benzene rings is 1. The molecule has 0 amide bonds. The quantitative estimate of drug-likeness (QED) is 0.779. The van der Waals surface area contributed by atoms with Crippen molar-refractivity contribution in [2.24, 2.45) is 0 Å². The molecule has 0 aliphatic carbocycles. The lowest BCUT2D eigenvalue weighted by Crippen LogP contribution is -2.22. The fourth-order valence-electron chi connectivity index (χ4n) is 2.12. The summed E-state index contributed by atoms with van der Waals surface area (Å²) in [7, 11) is 0. The van der Waals surface area contributed by atoms with Gasteiger partial charge < -0.3 is 10.4 Å². The summed E-state index contributed by atoms with van der Waals surface area (Å²) >= 11 is 0. The van der Waals surface area contributed by atoms with Crippen molar-refractivity contribution in [1.29, 1.82) is 0 Å². The third kappa shape index (κ3) is 1.39. The molecule has 80 valence electrons. The Morgan fingerprint density at radius 1 is 1.60 bits per heavy atom. The molecule has 0 aromatic heterocycles. The second kappa shape index (κ2) is 3.26. The van der Waals surface area contributed by atoms with E-state index in [2.05, 4.69) is 19.2 Å². The highest BCUT2D eigenvalue weighted by Gasteiger charge is 2.34. The molecule has 0 saturated heterocycles. The van der Waals surface area contributed by atoms with Crippen LogP contribution in [0.15, 0.2) is 18.2 Å². The number of anilines is 1. The zero-order chi connectivity index (χ0) is 11.1. The van der Waals surface area contributed by atoms with Crippen molar-refractivity contribution in [1.82, 2.24) is 0 Å². The minimum atomic E-state index is -0.861. The van der Waals surface area contributed by atoms with Crippen LogP contribution in [-0.2, 0) is 5.41 Å². The van der Waals surface area contributed by atoms with Crippen LogP contribution in [0.1, 0.15) is 36.2 Å². The molecule has 2 N–H and O–H groups in total. The standard InChI is InChI=1S/C12H15NO2/c1-3-12(2)7-13-10-8(11(14)15)5-4-6-9(10)12/h4-6,13H,3,7H2,1-2H3,(H,14,15). The van der Waals surface area contributed by atoms with Crippen LogP contribution < -0.4 is 5.32 Å². The number of rotatable bonds is 2. The lowest BCUT2D eigenvalue weighted by Gasteiger charge is -2.21. The number of para-hydroxylation sites is 1. The molecular weight excluding hydrogens is 190 g/mol. The smallest absolute Gasteiger partial charge is 0.337 e. The van der Waals surface area contributed by atoms with Gasteiger partial charge in [-0.15, -0.1) is 0 Å². The van der Waals surface area contributed by atoms with Crippen LogP contribution in [0.2, 0.25) is 0 Å². The van der Waals surface area contributed by atoms with Gasteiger partial charge in [0.25, 0.3) is 0 Å². The Bertz CT molecular complexity index is 414. The molecule has 1 aromatic rings. The van der Waals surface area contributed by atoms with Crippen LogP contribution in [0.5, 0.6) is 0 Å². The van der Waals surface area contributed by atoms with Crippen LogP contribution in [0.4, 0.5) is 5.69 Å². The first kappa shape index (κ1) is 10.0. The average Bonchev–Trinajstić information content (AvgIpc) is 2.57. The van der Waals surface area contributed by atoms with E-state index in [-0.39, 0.29) is 5.41 Å². The van der Waals surface area contributed by atoms with Gasteiger partial charge in [-0.2, -0.15) is 0 Å². The van der Waals surface area contributed by atoms with E-state index in [0.29, 0.717) is 5.56 Å². The second-order valence-electron chi connectivity index (χ2n) is 4.30. The van der Waals surface area contributed by atoms with Gasteiger partial charge in [0.05, 0.1) is 11.3 Å². The highest BCUT2D eigenvalue weighted by molar-refractivity contribution is 5.96. The molecule has 1 aliphatic rings. The predicted molar refractivity (Wildman–Crippen MR) is 59.5 cm³/mol. The van der Waals surface area contributed by atoms with Crippen molar-refractivity contribution in [3.05, 3.63) is 29.3 Å². The number of carboxylic acids is 1. The summed E-state index contributed by atoms with van der Waals surface area (Å²) in [6.07, 6.45) is 1.01. The van der Waals surface area contributed by atoms with E-state index < -0.39 is 5.97 Å². The van der Waals surface area contributed by atoms with Crippen molar-refractivity contribution in [3.8, 4) is 0 Å². The van der Waals surface area contributed by atoms with Crippen LogP contribution in [0.25, 0.3) is 0 Å². The number of carbonyl (C=O) groups is 1. The minimum absolute atomic E-state index is 0.0702. The van der Waals surface area contributed by atoms with E-state index in [1.807, 2.05) is 12.1 Å². The number of fused-ring (bicyclic) bond motifs is 1. The summed E-state index contributed by atoms with van der Waals surface area (Å²) in [6.45, 7) is 5.12. The molecule has 0 saturated carbocycles. The summed E-state index contributed by atoms with van der Waals surface area (Å²) in [5.74, 6) is -0.861. The molecule has 15 heavy (non-hydrogen) atoms. The zero-order valence-electron chi connectivity index (χ0n) is 9.00. The van der Waals surface area contributed by atoms with Crippen molar-refractivity contribution >= 4 is 11.7 Å². The molecule has 2 rings (SSSR count). The van der Waals surface area contributed by atoms with Gasteiger partial charge in [0, 0.05) is 12.0 Å². The van der Waals surface area contributed by atoms with Crippen LogP contribution in [0.3, 0.4) is 0 Å². The largest absolute Gasteiger partial charge is 0.478 e. The molecule has 3 heteroatoms. The van der Waals surface area contributed by atoms with Crippen LogP contribution >= 0.6 is 0 Å². The second-order valence-corrected chi connectivity index (χ2v) is 4.30. The fourth-order valence-corrected chi connectivity index (χ4v) is 2.12. The first-order valence-corrected chi connectivity index (χ1v) is 5.19. The highest BCUT2D eigenvalue weighted by atomic mass is 16.4. The molecule has 1 aromatic carbocycles. The lowest BCUT2D eigenvalue weighted by atomic mass is 9.81. The van der Waals surface area contributed by atoms with Crippen molar-refractivity contribution in [3.63, 3.8) is 0 Å². The van der Waals surface area contributed by atoms with E-state index >= 15 is 0 Å². The third-order valence-electron chi connectivity index (χ3n) is 3.38. The topological polar surface area (TPSA) is 49.3 Å². The Balaban J connectivity index is 2.57. The number of hydrogen-bond donors (Lipinski definition) is 2. The maximum Gasteiger partial charge on any atom is 0.337 e. The normalized spacial score (nSPS) is 23.3. The summed E-state index contributed by atoms with van der Waals surface area (Å²) in [5, 5.41) is 12.3. The molecule has 1 heterocycles. The van der Waals surface area contributed by atoms with Crippen LogP contribution in [0, 0.1) is 0 Å². The summed E-state index contributed by atoms with van der Waals surface area (Å²) in [4.78, 5) is 11.0. The maximum absolute atomic E-state index is 11.0. The van der Waals surface area contributed by atoms with E-state index in [4.69, 9.17) is 5.11 Å². The van der Waals surface area contributed by atoms with E-state index in [0.717, 1.165) is 24.2 Å². The van der Waals surface area contributed by atoms with Gasteiger partial charge in [-0.1, -0.05) is 26.0 Å². The molecule has 0 spiro atoms. The first-order chi connectivity index (χ1) is 7.08. The van der Waals surface area contributed by atoms with Crippen molar-refractivity contribution in [2.75, 3.05) is 11.9 Å². The molecule has 0 fully saturated rings. The van der Waals surface area contributed by atoms with Gasteiger partial charge in [0.15, 0.2) is 0 Å². The monoisotopic (exact) mass is 205 g/mol. The zero-order valence-corrected chi connectivity index (χ0v) is 9.00. The molecule has 1 unspecified atom stereocenters. The number of hydrogen-bond acceptors (Lipinski definition) is 2. The summed E-state index contributed by atoms with van der Waals surface area (Å²) in [6, 6.07) is 5.49. The van der Waals surface area contributed by atoms with Gasteiger partial charge in [-0.3, -0.25) is 0 Å². The van der Waals surface area contributed by atoms with Gasteiger partial charge >= 0.3 is 5.97 Å². The molecule has 3 nitrogen and oxygen atoms in total. The summed E-state index contributed by atoms with van der Waals surface area (Å²) < 4.78 is 0. The average molecular weight is 205 g/mol. The van der Waals surface area contributed by atoms with Crippen molar-refractivity contribution < 1.29 is 9.90 Å². The molecule has 0 radical (unpaired) electrons. The molecule has 1 aliphatic heterocycles. The Hall–Kier alpha value is -1.51. The van der Waals surface area contributed by atoms with E-state index in [1.54, 1.807) is 6.07 Å². The maximum atomic E-state index is 11.0. The van der Waals surface area contributed by atoms with E-state index in [9.17, 15) is 4.79 Å². The molecule has 0 bridgehead atoms.